The maximum absolute atomic E-state index is 12.6. The van der Waals surface area contributed by atoms with Crippen LogP contribution in [0.15, 0.2) is 18.5 Å². The first-order valence-electron chi connectivity index (χ1n) is 9.14. The Bertz CT molecular complexity index is 820. The molecule has 4 rings (SSSR count). The molecule has 1 amide bonds. The van der Waals surface area contributed by atoms with Crippen molar-refractivity contribution in [1.29, 1.82) is 0 Å². The van der Waals surface area contributed by atoms with Crippen molar-refractivity contribution in [3.8, 4) is 11.1 Å². The zero-order valence-electron chi connectivity index (χ0n) is 14.5. The first kappa shape index (κ1) is 17.3. The van der Waals surface area contributed by atoms with Gasteiger partial charge in [0.25, 0.3) is 0 Å². The van der Waals surface area contributed by atoms with E-state index in [1.165, 1.54) is 0 Å². The molecular weight excluding hydrogens is 352 g/mol. The van der Waals surface area contributed by atoms with E-state index in [0.29, 0.717) is 10.8 Å². The summed E-state index contributed by atoms with van der Waals surface area (Å²) in [6, 6.07) is 1.93. The standard InChI is InChI=1S/C18H23ClN6O/c19-15-10-22-16(24-18(26)11-3-1-4-12(20)7-11)8-13(15)14-9-23-25-6-2-5-21-17(14)25/h8-12,21H,1-7,20H2,(H,22,24,26)/t11-,12+/m0/s1. The first-order valence-corrected chi connectivity index (χ1v) is 9.51. The van der Waals surface area contributed by atoms with Crippen LogP contribution in [0.1, 0.15) is 32.1 Å². The van der Waals surface area contributed by atoms with E-state index in [1.807, 2.05) is 10.7 Å². The molecule has 1 aliphatic heterocycles. The first-order chi connectivity index (χ1) is 12.6. The third-order valence-corrected chi connectivity index (χ3v) is 5.46. The lowest BCUT2D eigenvalue weighted by Gasteiger charge is -2.25. The molecule has 0 aromatic carbocycles. The SMILES string of the molecule is N[C@@H]1CCC[C@H](C(=O)Nc2cc(-c3cnn4c3NCCC4)c(Cl)cn2)C1. The van der Waals surface area contributed by atoms with Gasteiger partial charge in [0.2, 0.25) is 5.91 Å². The lowest BCUT2D eigenvalue weighted by Crippen LogP contribution is -2.34. The topological polar surface area (TPSA) is 97.9 Å². The molecular formula is C18H23ClN6O. The fraction of sp³-hybridized carbons (Fsp3) is 0.500. The van der Waals surface area contributed by atoms with E-state index in [2.05, 4.69) is 20.7 Å². The molecule has 2 aromatic rings. The van der Waals surface area contributed by atoms with Crippen LogP contribution < -0.4 is 16.4 Å². The Morgan fingerprint density at radius 2 is 2.19 bits per heavy atom. The van der Waals surface area contributed by atoms with Gasteiger partial charge in [-0.3, -0.25) is 4.79 Å². The van der Waals surface area contributed by atoms with Crippen molar-refractivity contribution in [2.75, 3.05) is 17.2 Å². The molecule has 138 valence electrons. The van der Waals surface area contributed by atoms with E-state index in [4.69, 9.17) is 17.3 Å². The van der Waals surface area contributed by atoms with E-state index in [1.54, 1.807) is 12.4 Å². The van der Waals surface area contributed by atoms with Gasteiger partial charge in [-0.2, -0.15) is 5.10 Å². The summed E-state index contributed by atoms with van der Waals surface area (Å²) in [5, 5.41) is 11.3. The zero-order chi connectivity index (χ0) is 18.1. The number of nitrogens with two attached hydrogens (primary N) is 1. The summed E-state index contributed by atoms with van der Waals surface area (Å²) in [7, 11) is 0. The number of hydrogen-bond acceptors (Lipinski definition) is 5. The number of aryl methyl sites for hydroxylation is 1. The number of halogens is 1. The smallest absolute Gasteiger partial charge is 0.228 e. The number of nitrogens with zero attached hydrogens (tertiary/aromatic N) is 3. The lowest BCUT2D eigenvalue weighted by molar-refractivity contribution is -0.120. The highest BCUT2D eigenvalue weighted by Crippen LogP contribution is 2.35. The average Bonchev–Trinajstić information content (AvgIpc) is 3.07. The van der Waals surface area contributed by atoms with Gasteiger partial charge in [-0.15, -0.1) is 0 Å². The van der Waals surface area contributed by atoms with Crippen LogP contribution in [0.2, 0.25) is 5.02 Å². The second-order valence-corrected chi connectivity index (χ2v) is 7.48. The summed E-state index contributed by atoms with van der Waals surface area (Å²) in [5.74, 6) is 1.39. The highest BCUT2D eigenvalue weighted by atomic mass is 35.5. The molecule has 0 unspecified atom stereocenters. The van der Waals surface area contributed by atoms with E-state index < -0.39 is 0 Å². The van der Waals surface area contributed by atoms with Gasteiger partial charge in [0.1, 0.15) is 11.6 Å². The number of carbonyl (C=O) groups excluding carboxylic acids is 1. The van der Waals surface area contributed by atoms with Crippen LogP contribution in [0, 0.1) is 5.92 Å². The van der Waals surface area contributed by atoms with Gasteiger partial charge < -0.3 is 16.4 Å². The number of rotatable bonds is 3. The van der Waals surface area contributed by atoms with Gasteiger partial charge >= 0.3 is 0 Å². The average molecular weight is 375 g/mol. The molecule has 4 N–H and O–H groups in total. The molecule has 0 bridgehead atoms. The van der Waals surface area contributed by atoms with Crippen molar-refractivity contribution in [2.45, 2.75) is 44.7 Å². The summed E-state index contributed by atoms with van der Waals surface area (Å²) in [4.78, 5) is 16.8. The van der Waals surface area contributed by atoms with Crippen LogP contribution in [0.25, 0.3) is 11.1 Å². The Balaban J connectivity index is 1.57. The van der Waals surface area contributed by atoms with E-state index in [9.17, 15) is 4.79 Å². The quantitative estimate of drug-likeness (QED) is 0.767. The summed E-state index contributed by atoms with van der Waals surface area (Å²) in [6.45, 7) is 1.80. The van der Waals surface area contributed by atoms with Crippen molar-refractivity contribution >= 4 is 29.1 Å². The Morgan fingerprint density at radius 1 is 1.31 bits per heavy atom. The predicted octanol–water partition coefficient (Wildman–Crippen LogP) is 2.87. The predicted molar refractivity (Wildman–Crippen MR) is 102 cm³/mol. The number of aromatic nitrogens is 3. The third-order valence-electron chi connectivity index (χ3n) is 5.16. The molecule has 26 heavy (non-hydrogen) atoms. The highest BCUT2D eigenvalue weighted by molar-refractivity contribution is 6.33. The van der Waals surface area contributed by atoms with Crippen molar-refractivity contribution in [2.24, 2.45) is 11.7 Å². The summed E-state index contributed by atoms with van der Waals surface area (Å²) < 4.78 is 1.94. The summed E-state index contributed by atoms with van der Waals surface area (Å²) in [5.41, 5.74) is 7.74. The van der Waals surface area contributed by atoms with Gasteiger partial charge in [-0.05, 0) is 31.7 Å². The molecule has 1 saturated carbocycles. The molecule has 2 atom stereocenters. The summed E-state index contributed by atoms with van der Waals surface area (Å²) >= 11 is 6.38. The summed E-state index contributed by atoms with van der Waals surface area (Å²) in [6.07, 6.45) is 8.02. The number of amides is 1. The van der Waals surface area contributed by atoms with Gasteiger partial charge in [0.05, 0.1) is 11.2 Å². The van der Waals surface area contributed by atoms with Crippen LogP contribution in [-0.4, -0.2) is 33.3 Å². The van der Waals surface area contributed by atoms with Crippen LogP contribution in [0.5, 0.6) is 0 Å². The van der Waals surface area contributed by atoms with E-state index in [0.717, 1.165) is 62.1 Å². The van der Waals surface area contributed by atoms with E-state index >= 15 is 0 Å². The van der Waals surface area contributed by atoms with Gasteiger partial charge in [0.15, 0.2) is 0 Å². The molecule has 0 spiro atoms. The largest absolute Gasteiger partial charge is 0.370 e. The molecule has 1 aliphatic carbocycles. The minimum Gasteiger partial charge on any atom is -0.370 e. The number of carbonyl (C=O) groups is 1. The molecule has 3 heterocycles. The van der Waals surface area contributed by atoms with Crippen molar-refractivity contribution in [3.05, 3.63) is 23.5 Å². The van der Waals surface area contributed by atoms with Crippen LogP contribution in [0.3, 0.4) is 0 Å². The van der Waals surface area contributed by atoms with Gasteiger partial charge in [-0.1, -0.05) is 18.0 Å². The number of nitrogens with one attached hydrogen (secondary N) is 2. The second-order valence-electron chi connectivity index (χ2n) is 7.07. The second kappa shape index (κ2) is 7.25. The number of hydrogen-bond donors (Lipinski definition) is 3. The fourth-order valence-corrected chi connectivity index (χ4v) is 3.99. The molecule has 1 fully saturated rings. The monoisotopic (exact) mass is 374 g/mol. The number of pyridine rings is 1. The van der Waals surface area contributed by atoms with Crippen molar-refractivity contribution in [1.82, 2.24) is 14.8 Å². The zero-order valence-corrected chi connectivity index (χ0v) is 15.3. The Morgan fingerprint density at radius 3 is 3.04 bits per heavy atom. The Labute approximate surface area is 157 Å². The minimum atomic E-state index is -0.0507. The van der Waals surface area contributed by atoms with Gasteiger partial charge in [0, 0.05) is 42.4 Å². The molecule has 0 radical (unpaired) electrons. The molecule has 2 aromatic heterocycles. The van der Waals surface area contributed by atoms with Crippen molar-refractivity contribution in [3.63, 3.8) is 0 Å². The fourth-order valence-electron chi connectivity index (χ4n) is 3.78. The van der Waals surface area contributed by atoms with Gasteiger partial charge in [-0.25, -0.2) is 9.67 Å². The number of anilines is 2. The van der Waals surface area contributed by atoms with E-state index in [-0.39, 0.29) is 17.9 Å². The maximum atomic E-state index is 12.6. The Hall–Kier alpha value is -2.12. The van der Waals surface area contributed by atoms with Crippen molar-refractivity contribution < 1.29 is 4.79 Å². The lowest BCUT2D eigenvalue weighted by atomic mass is 9.85. The van der Waals surface area contributed by atoms with Crippen LogP contribution in [-0.2, 0) is 11.3 Å². The third kappa shape index (κ3) is 3.41. The van der Waals surface area contributed by atoms with Crippen LogP contribution in [0.4, 0.5) is 11.6 Å². The highest BCUT2D eigenvalue weighted by Gasteiger charge is 2.26. The molecule has 0 saturated heterocycles. The normalized spacial score (nSPS) is 22.4. The molecule has 2 aliphatic rings. The Kier molecular flexibility index (Phi) is 4.82. The number of fused-ring (bicyclic) bond motifs is 1. The molecule has 7 nitrogen and oxygen atoms in total. The molecule has 8 heteroatoms. The maximum Gasteiger partial charge on any atom is 0.228 e. The minimum absolute atomic E-state index is 0.0175. The van der Waals surface area contributed by atoms with Crippen LogP contribution >= 0.6 is 11.6 Å².